The fourth-order valence-electron chi connectivity index (χ4n) is 3.00. The second-order valence-electron chi connectivity index (χ2n) is 5.96. The molecule has 1 N–H and O–H groups in total. The lowest BCUT2D eigenvalue weighted by atomic mass is 9.75. The van der Waals surface area contributed by atoms with Crippen LogP contribution in [-0.2, 0) is 5.54 Å². The van der Waals surface area contributed by atoms with E-state index in [1.54, 1.807) is 14.0 Å². The number of rotatable bonds is 3. The SMILES string of the molecule is C#CC.CN=C1NC=C/C1=C(/C)c1cnn(C2(CC#N)CCC2)c1. The third-order valence-electron chi connectivity index (χ3n) is 4.55. The van der Waals surface area contributed by atoms with Gasteiger partial charge in [-0.25, -0.2) is 0 Å². The van der Waals surface area contributed by atoms with Gasteiger partial charge in [-0.15, -0.1) is 12.3 Å². The van der Waals surface area contributed by atoms with E-state index in [-0.39, 0.29) is 5.54 Å². The summed E-state index contributed by atoms with van der Waals surface area (Å²) < 4.78 is 1.99. The third kappa shape index (κ3) is 3.26. The Morgan fingerprint density at radius 3 is 2.79 bits per heavy atom. The number of hydrogen-bond acceptors (Lipinski definition) is 3. The zero-order valence-corrected chi connectivity index (χ0v) is 14.5. The minimum atomic E-state index is -0.0800. The van der Waals surface area contributed by atoms with Gasteiger partial charge in [-0.1, -0.05) is 0 Å². The summed E-state index contributed by atoms with van der Waals surface area (Å²) in [5, 5.41) is 16.7. The normalized spacial score (nSPS) is 21.0. The Bertz CT molecular complexity index is 760. The van der Waals surface area contributed by atoms with Gasteiger partial charge in [-0.3, -0.25) is 9.67 Å². The molecule has 0 radical (unpaired) electrons. The van der Waals surface area contributed by atoms with Crippen LogP contribution in [0.1, 0.15) is 45.1 Å². The summed E-state index contributed by atoms with van der Waals surface area (Å²) >= 11 is 0. The molecule has 0 bridgehead atoms. The highest BCUT2D eigenvalue weighted by molar-refractivity contribution is 6.09. The second-order valence-corrected chi connectivity index (χ2v) is 5.96. The van der Waals surface area contributed by atoms with E-state index in [1.165, 1.54) is 6.42 Å². The van der Waals surface area contributed by atoms with Crippen LogP contribution in [0.3, 0.4) is 0 Å². The first-order chi connectivity index (χ1) is 11.6. The summed E-state index contributed by atoms with van der Waals surface area (Å²) in [5.74, 6) is 3.13. The van der Waals surface area contributed by atoms with Gasteiger partial charge in [0, 0.05) is 30.6 Å². The largest absolute Gasteiger partial charge is 0.346 e. The maximum Gasteiger partial charge on any atom is 0.132 e. The first-order valence-electron chi connectivity index (χ1n) is 8.03. The van der Waals surface area contributed by atoms with E-state index in [9.17, 15) is 0 Å². The Balaban J connectivity index is 0.000000647. The maximum atomic E-state index is 9.05. The first-order valence-corrected chi connectivity index (χ1v) is 8.03. The van der Waals surface area contributed by atoms with Crippen molar-refractivity contribution in [3.63, 3.8) is 0 Å². The number of nitrogens with zero attached hydrogens (tertiary/aromatic N) is 4. The molecule has 5 heteroatoms. The van der Waals surface area contributed by atoms with Crippen molar-refractivity contribution in [1.82, 2.24) is 15.1 Å². The minimum Gasteiger partial charge on any atom is -0.346 e. The van der Waals surface area contributed by atoms with E-state index in [0.29, 0.717) is 6.42 Å². The molecule has 0 saturated heterocycles. The van der Waals surface area contributed by atoms with Crippen LogP contribution >= 0.6 is 0 Å². The van der Waals surface area contributed by atoms with Crippen molar-refractivity contribution in [3.05, 3.63) is 35.8 Å². The first kappa shape index (κ1) is 17.6. The number of terminal acetylenes is 1. The van der Waals surface area contributed by atoms with Crippen LogP contribution in [0, 0.1) is 23.7 Å². The summed E-state index contributed by atoms with van der Waals surface area (Å²) in [4.78, 5) is 4.24. The van der Waals surface area contributed by atoms with Crippen molar-refractivity contribution in [3.8, 4) is 18.4 Å². The minimum absolute atomic E-state index is 0.0800. The van der Waals surface area contributed by atoms with Crippen LogP contribution in [0.4, 0.5) is 0 Å². The van der Waals surface area contributed by atoms with Crippen molar-refractivity contribution in [2.75, 3.05) is 7.05 Å². The average Bonchev–Trinajstić information content (AvgIpc) is 3.20. The summed E-state index contributed by atoms with van der Waals surface area (Å²) in [6.07, 6.45) is 16.3. The number of amidine groups is 1. The maximum absolute atomic E-state index is 9.05. The lowest BCUT2D eigenvalue weighted by Gasteiger charge is -2.40. The molecule has 2 heterocycles. The predicted octanol–water partition coefficient (Wildman–Crippen LogP) is 3.23. The molecule has 5 nitrogen and oxygen atoms in total. The van der Waals surface area contributed by atoms with Gasteiger partial charge in [-0.2, -0.15) is 10.4 Å². The lowest BCUT2D eigenvalue weighted by Crippen LogP contribution is -2.40. The van der Waals surface area contributed by atoms with E-state index in [1.807, 2.05) is 23.2 Å². The van der Waals surface area contributed by atoms with Gasteiger partial charge in [0.2, 0.25) is 0 Å². The quantitative estimate of drug-likeness (QED) is 0.869. The van der Waals surface area contributed by atoms with Crippen molar-refractivity contribution < 1.29 is 0 Å². The zero-order valence-electron chi connectivity index (χ0n) is 14.5. The van der Waals surface area contributed by atoms with Crippen LogP contribution in [0.2, 0.25) is 0 Å². The molecular formula is C19H23N5. The molecule has 1 aliphatic carbocycles. The van der Waals surface area contributed by atoms with Gasteiger partial charge in [0.1, 0.15) is 5.84 Å². The van der Waals surface area contributed by atoms with Gasteiger partial charge < -0.3 is 5.32 Å². The molecule has 1 aromatic heterocycles. The van der Waals surface area contributed by atoms with E-state index in [0.717, 1.165) is 35.4 Å². The number of nitriles is 1. The number of nitrogens with one attached hydrogen (secondary N) is 1. The van der Waals surface area contributed by atoms with Crippen molar-refractivity contribution >= 4 is 11.4 Å². The fourth-order valence-corrected chi connectivity index (χ4v) is 3.00. The Morgan fingerprint density at radius 1 is 1.54 bits per heavy atom. The van der Waals surface area contributed by atoms with E-state index in [2.05, 4.69) is 46.9 Å². The van der Waals surface area contributed by atoms with Crippen LogP contribution in [0.15, 0.2) is 35.2 Å². The molecule has 3 rings (SSSR count). The van der Waals surface area contributed by atoms with Gasteiger partial charge in [0.05, 0.1) is 24.2 Å². The Hall–Kier alpha value is -2.79. The number of aromatic nitrogens is 2. The second kappa shape index (κ2) is 7.66. The summed E-state index contributed by atoms with van der Waals surface area (Å²) in [5.41, 5.74) is 3.25. The molecule has 2 aliphatic rings. The van der Waals surface area contributed by atoms with E-state index >= 15 is 0 Å². The molecule has 1 saturated carbocycles. The summed E-state index contributed by atoms with van der Waals surface area (Å²) in [7, 11) is 1.78. The number of aliphatic imine (C=N–C) groups is 1. The highest BCUT2D eigenvalue weighted by Gasteiger charge is 2.39. The molecule has 24 heavy (non-hydrogen) atoms. The van der Waals surface area contributed by atoms with Crippen LogP contribution in [0.25, 0.3) is 5.57 Å². The molecule has 0 aromatic carbocycles. The fraction of sp³-hybridized carbons (Fsp3) is 0.421. The van der Waals surface area contributed by atoms with Crippen LogP contribution in [0.5, 0.6) is 0 Å². The standard InChI is InChI=1S/C16H19N5.C3H4/c1-12(14-4-9-19-15(14)18-2)13-10-20-21(11-13)16(7-8-17)5-3-6-16;1-3-2/h4,9-11H,3,5-7H2,1-2H3,(H,18,19);1H,2H3/b14-12+;. The summed E-state index contributed by atoms with van der Waals surface area (Å²) in [6.45, 7) is 3.73. The van der Waals surface area contributed by atoms with Crippen LogP contribution < -0.4 is 5.32 Å². The van der Waals surface area contributed by atoms with Crippen molar-refractivity contribution in [2.24, 2.45) is 4.99 Å². The predicted molar refractivity (Wildman–Crippen MR) is 97.0 cm³/mol. The molecular weight excluding hydrogens is 298 g/mol. The topological polar surface area (TPSA) is 66.0 Å². The van der Waals surface area contributed by atoms with Gasteiger partial charge in [0.25, 0.3) is 0 Å². The summed E-state index contributed by atoms with van der Waals surface area (Å²) in [6, 6.07) is 2.31. The Labute approximate surface area is 143 Å². The van der Waals surface area contributed by atoms with Gasteiger partial charge in [0.15, 0.2) is 0 Å². The van der Waals surface area contributed by atoms with E-state index in [4.69, 9.17) is 5.26 Å². The smallest absolute Gasteiger partial charge is 0.132 e. The molecule has 1 aromatic rings. The monoisotopic (exact) mass is 321 g/mol. The molecule has 1 aliphatic heterocycles. The van der Waals surface area contributed by atoms with E-state index < -0.39 is 0 Å². The van der Waals surface area contributed by atoms with Crippen LogP contribution in [-0.4, -0.2) is 22.7 Å². The molecule has 0 atom stereocenters. The average molecular weight is 321 g/mol. The van der Waals surface area contributed by atoms with Gasteiger partial charge >= 0.3 is 0 Å². The van der Waals surface area contributed by atoms with Crippen molar-refractivity contribution in [2.45, 2.75) is 45.1 Å². The molecule has 1 fully saturated rings. The molecule has 0 unspecified atom stereocenters. The highest BCUT2D eigenvalue weighted by atomic mass is 15.3. The lowest BCUT2D eigenvalue weighted by molar-refractivity contribution is 0.130. The molecule has 0 spiro atoms. The number of hydrogen-bond donors (Lipinski definition) is 1. The van der Waals surface area contributed by atoms with Crippen molar-refractivity contribution in [1.29, 1.82) is 5.26 Å². The van der Waals surface area contributed by atoms with Gasteiger partial charge in [-0.05, 0) is 44.8 Å². The highest BCUT2D eigenvalue weighted by Crippen LogP contribution is 2.41. The molecule has 124 valence electrons. The molecule has 0 amide bonds. The third-order valence-corrected chi connectivity index (χ3v) is 4.55. The Morgan fingerprint density at radius 2 is 2.25 bits per heavy atom. The zero-order chi connectivity index (χ0) is 17.6. The number of allylic oxidation sites excluding steroid dienone is 1. The Kier molecular flexibility index (Phi) is 5.60.